The maximum atomic E-state index is 12.2. The van der Waals surface area contributed by atoms with E-state index in [0.717, 1.165) is 10.0 Å². The van der Waals surface area contributed by atoms with E-state index in [0.29, 0.717) is 33.9 Å². The van der Waals surface area contributed by atoms with Crippen molar-refractivity contribution >= 4 is 49.8 Å². The Balaban J connectivity index is 1.59. The van der Waals surface area contributed by atoms with Gasteiger partial charge in [0, 0.05) is 4.47 Å². The van der Waals surface area contributed by atoms with Gasteiger partial charge in [0.25, 0.3) is 5.90 Å². The summed E-state index contributed by atoms with van der Waals surface area (Å²) in [5.41, 5.74) is 1.88. The van der Waals surface area contributed by atoms with Crippen LogP contribution >= 0.6 is 31.9 Å². The maximum absolute atomic E-state index is 12.2. The molecule has 0 radical (unpaired) electrons. The highest BCUT2D eigenvalue weighted by Gasteiger charge is 2.26. The van der Waals surface area contributed by atoms with Crippen LogP contribution in [-0.4, -0.2) is 19.0 Å². The minimum Gasteiger partial charge on any atom is -0.493 e. The molecule has 0 bridgehead atoms. The van der Waals surface area contributed by atoms with Crippen molar-refractivity contribution in [3.63, 3.8) is 0 Å². The van der Waals surface area contributed by atoms with E-state index in [9.17, 15) is 4.79 Å². The number of esters is 1. The number of furan rings is 1. The number of hydrogen-bond acceptors (Lipinski definition) is 6. The van der Waals surface area contributed by atoms with E-state index < -0.39 is 5.97 Å². The molecule has 0 fully saturated rings. The van der Waals surface area contributed by atoms with Gasteiger partial charge in [0.2, 0.25) is 0 Å². The Morgan fingerprint density at radius 1 is 1.13 bits per heavy atom. The van der Waals surface area contributed by atoms with Gasteiger partial charge >= 0.3 is 5.97 Å². The van der Waals surface area contributed by atoms with E-state index in [1.165, 1.54) is 6.26 Å². The van der Waals surface area contributed by atoms with Gasteiger partial charge in [0.05, 0.1) is 17.8 Å². The van der Waals surface area contributed by atoms with Crippen LogP contribution in [-0.2, 0) is 16.1 Å². The molecule has 0 atom stereocenters. The highest BCUT2D eigenvalue weighted by Crippen LogP contribution is 2.38. The largest absolute Gasteiger partial charge is 0.493 e. The summed E-state index contributed by atoms with van der Waals surface area (Å²) in [5.74, 6) is 1.06. The smallest absolute Gasteiger partial charge is 0.363 e. The van der Waals surface area contributed by atoms with Crippen molar-refractivity contribution < 1.29 is 23.4 Å². The average Bonchev–Trinajstić information content (AvgIpc) is 3.37. The molecule has 1 aromatic heterocycles. The number of halogens is 2. The molecule has 0 unspecified atom stereocenters. The van der Waals surface area contributed by atoms with E-state index in [-0.39, 0.29) is 11.6 Å². The number of cyclic esters (lactones) is 1. The molecule has 0 aliphatic carbocycles. The summed E-state index contributed by atoms with van der Waals surface area (Å²) in [5, 5.41) is 0. The van der Waals surface area contributed by atoms with Crippen LogP contribution in [0.3, 0.4) is 0 Å². The fraction of sp³-hybridized carbons (Fsp3) is 0.0909. The normalized spacial score (nSPS) is 14.6. The van der Waals surface area contributed by atoms with E-state index >= 15 is 0 Å². The van der Waals surface area contributed by atoms with Gasteiger partial charge in [-0.3, -0.25) is 0 Å². The summed E-state index contributed by atoms with van der Waals surface area (Å²) in [6.07, 6.45) is 3.10. The van der Waals surface area contributed by atoms with Gasteiger partial charge in [-0.05, 0) is 69.5 Å². The van der Waals surface area contributed by atoms with Crippen molar-refractivity contribution in [2.45, 2.75) is 6.61 Å². The predicted octanol–water partition coefficient (Wildman–Crippen LogP) is 5.74. The van der Waals surface area contributed by atoms with Crippen molar-refractivity contribution in [2.75, 3.05) is 7.11 Å². The van der Waals surface area contributed by atoms with Crippen molar-refractivity contribution in [3.8, 4) is 11.5 Å². The molecule has 4 rings (SSSR count). The standard InChI is InChI=1S/C22H15Br2NO5/c1-27-19-11-14(10-17-22(26)30-21(25-17)18-6-3-7-28-18)9-16(24)20(19)29-12-13-4-2-5-15(23)8-13/h2-11H,12H2,1H3/b17-10-. The van der Waals surface area contributed by atoms with Crippen LogP contribution < -0.4 is 9.47 Å². The zero-order chi connectivity index (χ0) is 21.1. The lowest BCUT2D eigenvalue weighted by molar-refractivity contribution is -0.130. The Morgan fingerprint density at radius 3 is 2.73 bits per heavy atom. The maximum Gasteiger partial charge on any atom is 0.363 e. The van der Waals surface area contributed by atoms with Gasteiger partial charge in [-0.15, -0.1) is 0 Å². The number of carbonyl (C=O) groups is 1. The van der Waals surface area contributed by atoms with E-state index in [2.05, 4.69) is 36.9 Å². The third kappa shape index (κ3) is 4.49. The second-order valence-corrected chi connectivity index (χ2v) is 8.04. The van der Waals surface area contributed by atoms with Crippen LogP contribution in [0.5, 0.6) is 11.5 Å². The van der Waals surface area contributed by atoms with Crippen LogP contribution in [0.2, 0.25) is 0 Å². The van der Waals surface area contributed by atoms with Crippen molar-refractivity contribution in [1.82, 2.24) is 0 Å². The fourth-order valence-corrected chi connectivity index (χ4v) is 3.84. The topological polar surface area (TPSA) is 70.3 Å². The van der Waals surface area contributed by atoms with Gasteiger partial charge < -0.3 is 18.6 Å². The number of rotatable bonds is 6. The Kier molecular flexibility index (Phi) is 6.06. The number of carbonyl (C=O) groups excluding carboxylic acids is 1. The lowest BCUT2D eigenvalue weighted by atomic mass is 10.1. The van der Waals surface area contributed by atoms with Crippen LogP contribution in [0.25, 0.3) is 6.08 Å². The molecule has 0 saturated carbocycles. The molecule has 152 valence electrons. The monoisotopic (exact) mass is 531 g/mol. The molecular weight excluding hydrogens is 518 g/mol. The van der Waals surface area contributed by atoms with Crippen LogP contribution in [0, 0.1) is 0 Å². The Hall–Kier alpha value is -2.84. The SMILES string of the molecule is COc1cc(/C=C2\N=C(c3ccco3)OC2=O)cc(Br)c1OCc1cccc(Br)c1. The number of hydrogen-bond donors (Lipinski definition) is 0. The Labute approximate surface area is 189 Å². The molecule has 0 amide bonds. The molecule has 0 N–H and O–H groups in total. The van der Waals surface area contributed by atoms with Gasteiger partial charge in [-0.25, -0.2) is 9.79 Å². The third-order valence-electron chi connectivity index (χ3n) is 4.18. The lowest BCUT2D eigenvalue weighted by Gasteiger charge is -2.14. The molecule has 8 heteroatoms. The van der Waals surface area contributed by atoms with E-state index in [1.54, 1.807) is 31.4 Å². The van der Waals surface area contributed by atoms with Gasteiger partial charge in [-0.2, -0.15) is 0 Å². The summed E-state index contributed by atoms with van der Waals surface area (Å²) in [6.45, 7) is 0.373. The zero-order valence-corrected chi connectivity index (χ0v) is 18.9. The summed E-state index contributed by atoms with van der Waals surface area (Å²) in [4.78, 5) is 16.4. The molecule has 2 heterocycles. The molecule has 1 aliphatic heterocycles. The Bertz CT molecular complexity index is 1150. The van der Waals surface area contributed by atoms with Crippen molar-refractivity contribution in [3.05, 3.63) is 86.3 Å². The molecule has 0 saturated heterocycles. The minimum atomic E-state index is -0.550. The number of ether oxygens (including phenoxy) is 3. The second-order valence-electron chi connectivity index (χ2n) is 6.27. The lowest BCUT2D eigenvalue weighted by Crippen LogP contribution is -2.04. The predicted molar refractivity (Wildman–Crippen MR) is 118 cm³/mol. The molecule has 6 nitrogen and oxygen atoms in total. The fourth-order valence-electron chi connectivity index (χ4n) is 2.82. The van der Waals surface area contributed by atoms with Crippen molar-refractivity contribution in [1.29, 1.82) is 0 Å². The highest BCUT2D eigenvalue weighted by atomic mass is 79.9. The van der Waals surface area contributed by atoms with Crippen LogP contribution in [0.15, 0.2) is 78.8 Å². The molecule has 2 aromatic carbocycles. The molecule has 3 aromatic rings. The quantitative estimate of drug-likeness (QED) is 0.299. The first-order chi connectivity index (χ1) is 14.5. The number of methoxy groups -OCH3 is 1. The first kappa shape index (κ1) is 20.4. The highest BCUT2D eigenvalue weighted by molar-refractivity contribution is 9.10. The first-order valence-electron chi connectivity index (χ1n) is 8.84. The number of benzene rings is 2. The first-order valence-corrected chi connectivity index (χ1v) is 10.4. The van der Waals surface area contributed by atoms with Gasteiger partial charge in [0.1, 0.15) is 6.61 Å². The summed E-state index contributed by atoms with van der Waals surface area (Å²) >= 11 is 6.98. The third-order valence-corrected chi connectivity index (χ3v) is 5.26. The molecule has 1 aliphatic rings. The molecule has 30 heavy (non-hydrogen) atoms. The molecular formula is C22H15Br2NO5. The number of aliphatic imine (C=N–C) groups is 1. The van der Waals surface area contributed by atoms with Crippen molar-refractivity contribution in [2.24, 2.45) is 4.99 Å². The summed E-state index contributed by atoms with van der Waals surface area (Å²) in [6, 6.07) is 14.8. The van der Waals surface area contributed by atoms with Gasteiger partial charge in [0.15, 0.2) is 23.0 Å². The van der Waals surface area contributed by atoms with E-state index in [4.69, 9.17) is 18.6 Å². The second kappa shape index (κ2) is 8.89. The van der Waals surface area contributed by atoms with Crippen LogP contribution in [0.1, 0.15) is 16.9 Å². The van der Waals surface area contributed by atoms with Crippen LogP contribution in [0.4, 0.5) is 0 Å². The summed E-state index contributed by atoms with van der Waals surface area (Å²) in [7, 11) is 1.56. The average molecular weight is 533 g/mol. The van der Waals surface area contributed by atoms with Gasteiger partial charge in [-0.1, -0.05) is 28.1 Å². The number of nitrogens with zero attached hydrogens (tertiary/aromatic N) is 1. The summed E-state index contributed by atoms with van der Waals surface area (Å²) < 4.78 is 23.5. The van der Waals surface area contributed by atoms with E-state index in [1.807, 2.05) is 30.3 Å². The minimum absolute atomic E-state index is 0.135. The zero-order valence-electron chi connectivity index (χ0n) is 15.7. The Morgan fingerprint density at radius 2 is 2.00 bits per heavy atom. The molecule has 0 spiro atoms.